The molecule has 0 radical (unpaired) electrons. The Kier molecular flexibility index (Phi) is 27.6. The maximum absolute atomic E-state index is 12.8. The van der Waals surface area contributed by atoms with Gasteiger partial charge in [-0.2, -0.15) is 56.3 Å². The van der Waals surface area contributed by atoms with E-state index in [-0.39, 0.29) is 0 Å². The van der Waals surface area contributed by atoms with Crippen molar-refractivity contribution >= 4 is 63.6 Å². The summed E-state index contributed by atoms with van der Waals surface area (Å²) in [6, 6.07) is -6.43. The van der Waals surface area contributed by atoms with Gasteiger partial charge in [0, 0.05) is 11.8 Å². The number of carboxylic acids is 2. The van der Waals surface area contributed by atoms with Gasteiger partial charge in [-0.15, -0.1) is 0 Å². The highest BCUT2D eigenvalue weighted by Gasteiger charge is 2.58. The third kappa shape index (κ3) is 21.4. The lowest BCUT2D eigenvalue weighted by Gasteiger charge is -2.48. The summed E-state index contributed by atoms with van der Waals surface area (Å²) >= 11 is 0. The van der Waals surface area contributed by atoms with Gasteiger partial charge < -0.3 is 83.5 Å². The second-order valence-electron chi connectivity index (χ2n) is 19.3. The number of hydrogen-bond acceptors (Lipinski definition) is 38. The van der Waals surface area contributed by atoms with Crippen molar-refractivity contribution in [2.45, 2.75) is 148 Å². The van der Waals surface area contributed by atoms with Crippen LogP contribution in [-0.4, -0.2) is 320 Å². The van der Waals surface area contributed by atoms with Crippen molar-refractivity contribution < 1.29 is 212 Å². The van der Waals surface area contributed by atoms with Gasteiger partial charge in [0.05, 0.1) is 62.9 Å². The fourth-order valence-electron chi connectivity index (χ4n) is 9.83. The Hall–Kier alpha value is -2.67. The molecule has 48 nitrogen and oxygen atoms in total. The number of rotatable bonds is 33. The van der Waals surface area contributed by atoms with E-state index in [0.29, 0.717) is 0 Å². The Bertz CT molecular complexity index is 2850. The molecule has 0 amide bonds. The number of carboxylic acid groups (broad SMARTS) is 2. The molecule has 5 aliphatic rings. The molecule has 5 heterocycles. The van der Waals surface area contributed by atoms with Gasteiger partial charge >= 0.3 is 63.6 Å². The third-order valence-corrected chi connectivity index (χ3v) is 16.1. The van der Waals surface area contributed by atoms with E-state index >= 15 is 0 Å². The first-order chi connectivity index (χ1) is 40.7. The summed E-state index contributed by atoms with van der Waals surface area (Å²) in [6.45, 7) is -6.62. The Balaban J connectivity index is 1.42. The van der Waals surface area contributed by atoms with Crippen LogP contribution >= 0.6 is 0 Å². The molecular weight excluding hydrogens is 1340 g/mol. The monoisotopic (exact) mass is 1400 g/mol. The lowest BCUT2D eigenvalue weighted by molar-refractivity contribution is -0.497. The van der Waals surface area contributed by atoms with Gasteiger partial charge in [-0.05, 0) is 6.92 Å². The van der Waals surface area contributed by atoms with Crippen LogP contribution in [0.25, 0.3) is 0 Å². The second-order valence-corrected chi connectivity index (χ2v) is 24.9. The molecule has 53 heteroatoms. The Labute approximate surface area is 493 Å². The van der Waals surface area contributed by atoms with E-state index in [1.165, 1.54) is 4.72 Å². The standard InChI is InChI=1S/C35H61N3O45S5/c1-9-17(36-84(52,53)54)24(43)28(15(72-9)7-70-82-50)77-35-31(80-88(64,65)66)21(40)11(27(76-35)33(47)48)3-68-5-13-19(38-86(58,59)60)30(79-87(61,62)63)29(16(74-13)8-71-83-51)78-34-25(44)20(39)10(26(75-34)32(45)46)2-67-4-12-18(37-85(55,56)57)23(42)22(41)14(73-12)6-69-81-49/h9-31,34-44,49-51H,2-8H2,1H3,(H,45,46)(H,47,48)(H,52,53,54)(H,55,56,57)(H,58,59,60)(H,61,62,63)(H,64,65,66)/t9-,10+,11+,12-,13-,14?,15?,16?,17?,18?,19?,20-,21-,22-,23+,24+,25?,26?,27?,28-,29-,30+,31?,34+,35+/m1/s1. The fourth-order valence-corrected chi connectivity index (χ4v) is 12.8. The summed E-state index contributed by atoms with van der Waals surface area (Å²) in [5, 5.41) is 124. The Morgan fingerprint density at radius 1 is 0.409 bits per heavy atom. The molecule has 10 unspecified atom stereocenters. The topological polar surface area (TPSA) is 722 Å². The first-order valence-electron chi connectivity index (χ1n) is 24.3. The lowest BCUT2D eigenvalue weighted by Crippen LogP contribution is -2.68. The quantitative estimate of drug-likeness (QED) is 0.0165. The van der Waals surface area contributed by atoms with E-state index in [1.54, 1.807) is 9.44 Å². The number of nitrogens with one attached hydrogen (secondary N) is 3. The van der Waals surface area contributed by atoms with Crippen molar-refractivity contribution in [2.24, 2.45) is 11.8 Å². The molecule has 0 spiro atoms. The summed E-state index contributed by atoms with van der Waals surface area (Å²) in [5.74, 6) is -8.26. The van der Waals surface area contributed by atoms with Gasteiger partial charge in [0.25, 0.3) is 0 Å². The highest BCUT2D eigenvalue weighted by Crippen LogP contribution is 2.37. The SMILES string of the molecule is C[C@H]1OC(COOO)[C@@H](O[C@@H]2OC(C(=O)O)[C@@H](COC[C@H]3OC(COOO)[C@@H](O[C@@H]4OC(C(=O)O)[C@@H](COC[C@H]5OC(COOO)[C@@H](O)[C@@H](O)C5NS(=O)(=O)O)[C@@H](O)C4O)[C@@H](OS(=O)(=O)O)C3NS(=O)(=O)O)[C@@H](O)C2OS(=O)(=O)O)[C@@H](O)C1NS(=O)(=O)O. The molecular formula is C35H61N3O45S5. The summed E-state index contributed by atoms with van der Waals surface area (Å²) in [4.78, 5) is 38.5. The summed E-state index contributed by atoms with van der Waals surface area (Å²) in [5.41, 5.74) is 0. The Morgan fingerprint density at radius 3 is 1.30 bits per heavy atom. The number of aliphatic carboxylic acids is 2. The minimum atomic E-state index is -5.98. The summed E-state index contributed by atoms with van der Waals surface area (Å²) in [7, 11) is -27.9. The van der Waals surface area contributed by atoms with Gasteiger partial charge in [-0.1, -0.05) is 15.1 Å². The molecule has 5 aliphatic heterocycles. The summed E-state index contributed by atoms with van der Waals surface area (Å²) < 4.78 is 233. The third-order valence-electron chi connectivity index (χ3n) is 13.5. The van der Waals surface area contributed by atoms with E-state index in [4.69, 9.17) is 62.6 Å². The maximum atomic E-state index is 12.8. The highest BCUT2D eigenvalue weighted by molar-refractivity contribution is 7.84. The van der Waals surface area contributed by atoms with Crippen molar-refractivity contribution in [3.05, 3.63) is 0 Å². The van der Waals surface area contributed by atoms with E-state index < -0.39 is 262 Å². The molecule has 5 saturated heterocycles. The van der Waals surface area contributed by atoms with Crippen LogP contribution in [0.4, 0.5) is 0 Å². The molecule has 25 atom stereocenters. The van der Waals surface area contributed by atoms with Crippen LogP contribution in [0.3, 0.4) is 0 Å². The molecule has 0 bridgehead atoms. The molecule has 0 aliphatic carbocycles. The van der Waals surface area contributed by atoms with Gasteiger partial charge in [0.15, 0.2) is 30.9 Å². The average molecular weight is 1400 g/mol. The number of hydrogen-bond donors (Lipinski definition) is 19. The molecule has 0 saturated carbocycles. The predicted octanol–water partition coefficient (Wildman–Crippen LogP) is -10.9. The van der Waals surface area contributed by atoms with Crippen LogP contribution in [0.15, 0.2) is 0 Å². The number of aliphatic hydroxyl groups excluding tert-OH is 6. The van der Waals surface area contributed by atoms with Gasteiger partial charge in [-0.3, -0.25) is 22.8 Å². The predicted molar refractivity (Wildman–Crippen MR) is 256 cm³/mol. The van der Waals surface area contributed by atoms with Crippen LogP contribution in [0, 0.1) is 11.8 Å². The summed E-state index contributed by atoms with van der Waals surface area (Å²) in [6.07, 6.45) is -45.6. The molecule has 19 N–H and O–H groups in total. The molecule has 0 aromatic rings. The first kappa shape index (κ1) is 76.0. The van der Waals surface area contributed by atoms with E-state index in [9.17, 15) is 115 Å². The minimum Gasteiger partial charge on any atom is -0.479 e. The highest BCUT2D eigenvalue weighted by atomic mass is 32.3. The number of ether oxygens (including phenoxy) is 9. The molecule has 516 valence electrons. The molecule has 88 heavy (non-hydrogen) atoms. The van der Waals surface area contributed by atoms with Crippen LogP contribution in [0.5, 0.6) is 0 Å². The van der Waals surface area contributed by atoms with Gasteiger partial charge in [0.1, 0.15) is 93.1 Å². The average Bonchev–Trinajstić information content (AvgIpc) is 1.90. The zero-order valence-electron chi connectivity index (χ0n) is 43.9. The first-order valence-corrected chi connectivity index (χ1v) is 31.4. The minimum absolute atomic E-state index is 0.851. The fraction of sp³-hybridized carbons (Fsp3) is 0.943. The second kappa shape index (κ2) is 32.0. The number of aliphatic hydroxyl groups is 6. The molecule has 0 aromatic heterocycles. The smallest absolute Gasteiger partial charge is 0.397 e. The van der Waals surface area contributed by atoms with Crippen LogP contribution in [0.2, 0.25) is 0 Å². The van der Waals surface area contributed by atoms with Crippen molar-refractivity contribution in [1.82, 2.24) is 14.2 Å². The van der Waals surface area contributed by atoms with Gasteiger partial charge in [0.2, 0.25) is 0 Å². The van der Waals surface area contributed by atoms with E-state index in [2.05, 4.69) is 34.0 Å². The van der Waals surface area contributed by atoms with Crippen molar-refractivity contribution in [3.63, 3.8) is 0 Å². The number of carbonyl (C=O) groups is 2. The van der Waals surface area contributed by atoms with Crippen molar-refractivity contribution in [2.75, 3.05) is 46.2 Å². The van der Waals surface area contributed by atoms with Gasteiger partial charge in [-0.25, -0.2) is 48.4 Å². The van der Waals surface area contributed by atoms with E-state index in [1.807, 2.05) is 0 Å². The molecule has 0 aromatic carbocycles. The van der Waals surface area contributed by atoms with Crippen molar-refractivity contribution in [1.29, 1.82) is 0 Å². The normalized spacial score (nSPS) is 39.0. The van der Waals surface area contributed by atoms with Crippen molar-refractivity contribution in [3.8, 4) is 0 Å². The Morgan fingerprint density at radius 2 is 0.818 bits per heavy atom. The molecule has 5 rings (SSSR count). The largest absolute Gasteiger partial charge is 0.479 e. The zero-order chi connectivity index (χ0) is 66.2. The molecule has 5 fully saturated rings. The lowest BCUT2D eigenvalue weighted by atomic mass is 9.88. The van der Waals surface area contributed by atoms with E-state index in [0.717, 1.165) is 6.92 Å². The maximum Gasteiger partial charge on any atom is 0.397 e. The zero-order valence-corrected chi connectivity index (χ0v) is 48.0. The van der Waals surface area contributed by atoms with Crippen LogP contribution in [-0.2, 0) is 142 Å². The van der Waals surface area contributed by atoms with Crippen LogP contribution < -0.4 is 14.2 Å². The van der Waals surface area contributed by atoms with Crippen LogP contribution in [0.1, 0.15) is 6.92 Å².